The van der Waals surface area contributed by atoms with Crippen molar-refractivity contribution < 1.29 is 9.53 Å². The van der Waals surface area contributed by atoms with Crippen molar-refractivity contribution in [1.29, 1.82) is 0 Å². The molecule has 0 radical (unpaired) electrons. The number of anilines is 1. The second-order valence-electron chi connectivity index (χ2n) is 5.51. The lowest BCUT2D eigenvalue weighted by molar-refractivity contribution is 0.0526. The summed E-state index contributed by atoms with van der Waals surface area (Å²) in [5.74, 6) is 1.39. The van der Waals surface area contributed by atoms with E-state index in [0.717, 1.165) is 18.3 Å². The molecule has 1 fully saturated rings. The van der Waals surface area contributed by atoms with Gasteiger partial charge in [0.25, 0.3) is 0 Å². The van der Waals surface area contributed by atoms with Gasteiger partial charge >= 0.3 is 5.97 Å². The fourth-order valence-corrected chi connectivity index (χ4v) is 2.80. The van der Waals surface area contributed by atoms with Crippen LogP contribution < -0.4 is 4.90 Å². The van der Waals surface area contributed by atoms with Crippen molar-refractivity contribution in [3.8, 4) is 0 Å². The molecule has 4 heteroatoms. The fraction of sp³-hybridized carbons (Fsp3) is 0.625. The minimum absolute atomic E-state index is 0.304. The number of hydrogen-bond donors (Lipinski definition) is 0. The number of hydrogen-bond acceptors (Lipinski definition) is 4. The molecule has 1 saturated carbocycles. The second-order valence-corrected chi connectivity index (χ2v) is 5.51. The fourth-order valence-electron chi connectivity index (χ4n) is 2.80. The quantitative estimate of drug-likeness (QED) is 0.774. The van der Waals surface area contributed by atoms with Crippen molar-refractivity contribution in [3.05, 3.63) is 23.9 Å². The Morgan fingerprint density at radius 3 is 2.70 bits per heavy atom. The van der Waals surface area contributed by atoms with Crippen molar-refractivity contribution in [2.24, 2.45) is 5.92 Å². The maximum absolute atomic E-state index is 11.6. The molecular weight excluding hydrogens is 252 g/mol. The van der Waals surface area contributed by atoms with Crippen LogP contribution in [0.15, 0.2) is 18.3 Å². The molecule has 110 valence electrons. The summed E-state index contributed by atoms with van der Waals surface area (Å²) in [6, 6.07) is 3.69. The molecule has 1 aliphatic rings. The average Bonchev–Trinajstić information content (AvgIpc) is 2.48. The number of carbonyl (C=O) groups excluding carboxylic acids is 1. The highest BCUT2D eigenvalue weighted by molar-refractivity contribution is 5.89. The lowest BCUT2D eigenvalue weighted by Gasteiger charge is -2.27. The third kappa shape index (κ3) is 3.95. The third-order valence-electron chi connectivity index (χ3n) is 3.91. The largest absolute Gasteiger partial charge is 0.462 e. The summed E-state index contributed by atoms with van der Waals surface area (Å²) in [6.07, 6.45) is 8.34. The minimum Gasteiger partial charge on any atom is -0.462 e. The molecule has 0 atom stereocenters. The van der Waals surface area contributed by atoms with E-state index in [0.29, 0.717) is 12.2 Å². The van der Waals surface area contributed by atoms with Crippen LogP contribution in [0, 0.1) is 5.92 Å². The van der Waals surface area contributed by atoms with E-state index in [1.807, 2.05) is 6.07 Å². The van der Waals surface area contributed by atoms with Crippen LogP contribution in [0.4, 0.5) is 5.82 Å². The molecule has 1 aromatic heterocycles. The summed E-state index contributed by atoms with van der Waals surface area (Å²) in [5, 5.41) is 0. The summed E-state index contributed by atoms with van der Waals surface area (Å²) < 4.78 is 4.96. The monoisotopic (exact) mass is 276 g/mol. The number of ether oxygens (including phenoxy) is 1. The van der Waals surface area contributed by atoms with Crippen molar-refractivity contribution in [2.45, 2.75) is 39.0 Å². The second kappa shape index (κ2) is 7.27. The van der Waals surface area contributed by atoms with Gasteiger partial charge in [-0.05, 0) is 37.8 Å². The van der Waals surface area contributed by atoms with E-state index in [2.05, 4.69) is 16.9 Å². The number of nitrogens with zero attached hydrogens (tertiary/aromatic N) is 2. The Morgan fingerprint density at radius 1 is 1.35 bits per heavy atom. The molecule has 1 aliphatic carbocycles. The van der Waals surface area contributed by atoms with Gasteiger partial charge in [0.1, 0.15) is 5.82 Å². The topological polar surface area (TPSA) is 42.4 Å². The van der Waals surface area contributed by atoms with Gasteiger partial charge in [0, 0.05) is 19.8 Å². The van der Waals surface area contributed by atoms with Gasteiger partial charge in [-0.2, -0.15) is 0 Å². The van der Waals surface area contributed by atoms with E-state index < -0.39 is 0 Å². The Kier molecular flexibility index (Phi) is 5.39. The molecular formula is C16H24N2O2. The van der Waals surface area contributed by atoms with E-state index in [-0.39, 0.29) is 5.97 Å². The van der Waals surface area contributed by atoms with E-state index >= 15 is 0 Å². The lowest BCUT2D eigenvalue weighted by Crippen LogP contribution is -2.27. The van der Waals surface area contributed by atoms with E-state index in [4.69, 9.17) is 4.74 Å². The summed E-state index contributed by atoms with van der Waals surface area (Å²) in [7, 11) is 2.07. The molecule has 0 spiro atoms. The number of pyridine rings is 1. The summed E-state index contributed by atoms with van der Waals surface area (Å²) in [6.45, 7) is 3.24. The van der Waals surface area contributed by atoms with Gasteiger partial charge in [-0.25, -0.2) is 9.78 Å². The zero-order valence-corrected chi connectivity index (χ0v) is 12.5. The molecule has 4 nitrogen and oxygen atoms in total. The highest BCUT2D eigenvalue weighted by atomic mass is 16.5. The normalized spacial score (nSPS) is 15.9. The Balaban J connectivity index is 1.92. The maximum atomic E-state index is 11.6. The van der Waals surface area contributed by atoms with Crippen LogP contribution in [-0.2, 0) is 4.74 Å². The Morgan fingerprint density at radius 2 is 2.10 bits per heavy atom. The number of esters is 1. The number of rotatable bonds is 5. The third-order valence-corrected chi connectivity index (χ3v) is 3.91. The van der Waals surface area contributed by atoms with Gasteiger partial charge in [0.2, 0.25) is 0 Å². The molecule has 0 aliphatic heterocycles. The van der Waals surface area contributed by atoms with Crippen LogP contribution in [0.5, 0.6) is 0 Å². The summed E-state index contributed by atoms with van der Waals surface area (Å²) >= 11 is 0. The number of aromatic nitrogens is 1. The van der Waals surface area contributed by atoms with Gasteiger partial charge in [-0.1, -0.05) is 19.3 Å². The molecule has 2 rings (SSSR count). The first-order valence-corrected chi connectivity index (χ1v) is 7.55. The van der Waals surface area contributed by atoms with Crippen LogP contribution >= 0.6 is 0 Å². The van der Waals surface area contributed by atoms with Gasteiger partial charge in [0.15, 0.2) is 0 Å². The first-order chi connectivity index (χ1) is 9.70. The van der Waals surface area contributed by atoms with Crippen LogP contribution in [0.2, 0.25) is 0 Å². The molecule has 0 saturated heterocycles. The lowest BCUT2D eigenvalue weighted by atomic mass is 9.89. The average molecular weight is 276 g/mol. The van der Waals surface area contributed by atoms with Crippen LogP contribution in [0.3, 0.4) is 0 Å². The van der Waals surface area contributed by atoms with Gasteiger partial charge in [-0.15, -0.1) is 0 Å². The first kappa shape index (κ1) is 14.8. The van der Waals surface area contributed by atoms with Gasteiger partial charge in [-0.3, -0.25) is 0 Å². The van der Waals surface area contributed by atoms with Crippen molar-refractivity contribution in [3.63, 3.8) is 0 Å². The van der Waals surface area contributed by atoms with Crippen LogP contribution in [-0.4, -0.2) is 31.2 Å². The molecule has 1 aromatic rings. The molecule has 0 unspecified atom stereocenters. The Hall–Kier alpha value is -1.58. The first-order valence-electron chi connectivity index (χ1n) is 7.55. The predicted molar refractivity (Wildman–Crippen MR) is 80.0 cm³/mol. The number of carbonyl (C=O) groups is 1. The van der Waals surface area contributed by atoms with Gasteiger partial charge < -0.3 is 9.64 Å². The van der Waals surface area contributed by atoms with Crippen LogP contribution in [0.1, 0.15) is 49.4 Å². The Labute approximate surface area is 121 Å². The smallest absolute Gasteiger partial charge is 0.339 e. The molecule has 0 aromatic carbocycles. The van der Waals surface area contributed by atoms with Crippen molar-refractivity contribution in [2.75, 3.05) is 25.1 Å². The highest BCUT2D eigenvalue weighted by Crippen LogP contribution is 2.25. The molecule has 20 heavy (non-hydrogen) atoms. The molecule has 0 bridgehead atoms. The van der Waals surface area contributed by atoms with Gasteiger partial charge in [0.05, 0.1) is 12.2 Å². The van der Waals surface area contributed by atoms with Crippen molar-refractivity contribution >= 4 is 11.8 Å². The minimum atomic E-state index is -0.304. The maximum Gasteiger partial charge on any atom is 0.339 e. The Bertz CT molecular complexity index is 425. The summed E-state index contributed by atoms with van der Waals surface area (Å²) in [5.41, 5.74) is 0.515. The van der Waals surface area contributed by atoms with E-state index in [9.17, 15) is 4.79 Å². The van der Waals surface area contributed by atoms with Crippen molar-refractivity contribution in [1.82, 2.24) is 4.98 Å². The zero-order valence-electron chi connectivity index (χ0n) is 12.5. The molecule has 0 amide bonds. The molecule has 0 N–H and O–H groups in total. The highest BCUT2D eigenvalue weighted by Gasteiger charge is 2.16. The zero-order chi connectivity index (χ0) is 14.4. The predicted octanol–water partition coefficient (Wildman–Crippen LogP) is 3.27. The molecule has 1 heterocycles. The SMILES string of the molecule is CCOC(=O)c1ccc(N(C)CC2CCCCC2)nc1. The summed E-state index contributed by atoms with van der Waals surface area (Å²) in [4.78, 5) is 18.1. The van der Waals surface area contributed by atoms with Crippen LogP contribution in [0.25, 0.3) is 0 Å². The van der Waals surface area contributed by atoms with E-state index in [1.54, 1.807) is 19.2 Å². The van der Waals surface area contributed by atoms with E-state index in [1.165, 1.54) is 32.1 Å². The standard InChI is InChI=1S/C16H24N2O2/c1-3-20-16(19)14-9-10-15(17-11-14)18(2)12-13-7-5-4-6-8-13/h9-11,13H,3-8,12H2,1-2H3.